The molecule has 10 nitrogen and oxygen atoms in total. The van der Waals surface area contributed by atoms with Crippen molar-refractivity contribution in [3.63, 3.8) is 0 Å². The number of carbonyl (C=O) groups is 4. The van der Waals surface area contributed by atoms with Gasteiger partial charge in [-0.15, -0.1) is 0 Å². The standard InChI is InChI=1S/C31H32N4O6/c1-20(2)27-29(38)34(19-26(36)23(31(32,41)30(39)40)17-21-11-5-3-6-12-21)25(22-13-7-4-8-14-22)18-35(27)28(37)24-15-9-10-16-33-24/h3-16,18,20,23,27,41H,17,19,32H2,1-2H3,(H,39,40)/t23-,27?,31?/m1/s1. The maximum absolute atomic E-state index is 14.1. The molecule has 2 unspecified atom stereocenters. The van der Waals surface area contributed by atoms with Crippen LogP contribution in [0, 0.1) is 11.8 Å². The van der Waals surface area contributed by atoms with E-state index in [-0.39, 0.29) is 23.7 Å². The molecule has 0 saturated carbocycles. The van der Waals surface area contributed by atoms with Gasteiger partial charge in [-0.1, -0.05) is 80.6 Å². The van der Waals surface area contributed by atoms with Gasteiger partial charge >= 0.3 is 5.97 Å². The molecule has 1 aliphatic heterocycles. The third-order valence-electron chi connectivity index (χ3n) is 7.05. The number of hydrogen-bond donors (Lipinski definition) is 3. The highest BCUT2D eigenvalue weighted by Crippen LogP contribution is 2.32. The molecular weight excluding hydrogens is 524 g/mol. The third kappa shape index (κ3) is 6.24. The summed E-state index contributed by atoms with van der Waals surface area (Å²) in [5.74, 6) is -5.45. The van der Waals surface area contributed by atoms with Crippen molar-refractivity contribution in [3.05, 3.63) is 108 Å². The quantitative estimate of drug-likeness (QED) is 0.322. The monoisotopic (exact) mass is 556 g/mol. The molecule has 2 amide bonds. The minimum atomic E-state index is -2.89. The highest BCUT2D eigenvalue weighted by atomic mass is 16.4. The summed E-state index contributed by atoms with van der Waals surface area (Å²) >= 11 is 0. The number of carboxylic acids is 1. The van der Waals surface area contributed by atoms with Crippen molar-refractivity contribution in [2.45, 2.75) is 32.0 Å². The molecule has 2 heterocycles. The summed E-state index contributed by atoms with van der Waals surface area (Å²) < 4.78 is 0. The molecule has 41 heavy (non-hydrogen) atoms. The van der Waals surface area contributed by atoms with Crippen molar-refractivity contribution in [1.82, 2.24) is 14.8 Å². The Labute approximate surface area is 237 Å². The van der Waals surface area contributed by atoms with Crippen LogP contribution in [0.2, 0.25) is 0 Å². The van der Waals surface area contributed by atoms with Gasteiger partial charge in [0.1, 0.15) is 11.7 Å². The average Bonchev–Trinajstić information content (AvgIpc) is 2.97. The molecule has 2 aromatic carbocycles. The fourth-order valence-corrected chi connectivity index (χ4v) is 4.87. The van der Waals surface area contributed by atoms with Crippen LogP contribution < -0.4 is 5.73 Å². The van der Waals surface area contributed by atoms with Gasteiger partial charge < -0.3 is 15.1 Å². The lowest BCUT2D eigenvalue weighted by molar-refractivity contribution is -0.168. The van der Waals surface area contributed by atoms with Crippen LogP contribution in [0.25, 0.3) is 5.70 Å². The molecule has 4 N–H and O–H groups in total. The van der Waals surface area contributed by atoms with Crippen molar-refractivity contribution < 1.29 is 29.4 Å². The molecule has 0 radical (unpaired) electrons. The molecule has 212 valence electrons. The van der Waals surface area contributed by atoms with E-state index in [2.05, 4.69) is 4.98 Å². The first-order valence-corrected chi connectivity index (χ1v) is 13.2. The number of nitrogens with zero attached hydrogens (tertiary/aromatic N) is 3. The van der Waals surface area contributed by atoms with E-state index in [0.717, 1.165) is 0 Å². The second-order valence-corrected chi connectivity index (χ2v) is 10.3. The minimum Gasteiger partial charge on any atom is -0.478 e. The lowest BCUT2D eigenvalue weighted by atomic mass is 9.85. The van der Waals surface area contributed by atoms with Gasteiger partial charge in [-0.25, -0.2) is 4.79 Å². The fraction of sp³-hybridized carbons (Fsp3) is 0.258. The summed E-state index contributed by atoms with van der Waals surface area (Å²) in [5, 5.41) is 20.4. The van der Waals surface area contributed by atoms with Gasteiger partial charge in [-0.3, -0.25) is 30.0 Å². The molecule has 10 heteroatoms. The third-order valence-corrected chi connectivity index (χ3v) is 7.05. The number of aliphatic hydroxyl groups is 1. The number of ketones is 1. The van der Waals surface area contributed by atoms with E-state index < -0.39 is 47.8 Å². The Morgan fingerprint density at radius 2 is 1.59 bits per heavy atom. The topological polar surface area (TPSA) is 154 Å². The van der Waals surface area contributed by atoms with Gasteiger partial charge in [0.25, 0.3) is 11.8 Å². The number of nitrogens with two attached hydrogens (primary N) is 1. The van der Waals surface area contributed by atoms with Crippen molar-refractivity contribution >= 4 is 29.3 Å². The van der Waals surface area contributed by atoms with Crippen LogP contribution in [-0.4, -0.2) is 66.9 Å². The Kier molecular flexibility index (Phi) is 8.75. The molecule has 0 spiro atoms. The number of benzene rings is 2. The Bertz CT molecular complexity index is 1440. The van der Waals surface area contributed by atoms with E-state index in [0.29, 0.717) is 11.1 Å². The minimum absolute atomic E-state index is 0.150. The molecule has 0 saturated heterocycles. The van der Waals surface area contributed by atoms with Gasteiger partial charge in [-0.2, -0.15) is 0 Å². The largest absolute Gasteiger partial charge is 0.478 e. The van der Waals surface area contributed by atoms with Crippen LogP contribution in [0.1, 0.15) is 35.5 Å². The zero-order valence-electron chi connectivity index (χ0n) is 22.8. The lowest BCUT2D eigenvalue weighted by Gasteiger charge is -2.41. The molecule has 0 aliphatic carbocycles. The zero-order valence-corrected chi connectivity index (χ0v) is 22.8. The second-order valence-electron chi connectivity index (χ2n) is 10.3. The number of Topliss-reactive ketones (excluding diaryl/α,β-unsaturated/α-hetero) is 1. The Balaban J connectivity index is 1.78. The van der Waals surface area contributed by atoms with E-state index in [1.54, 1.807) is 92.7 Å². The second kappa shape index (κ2) is 12.2. The summed E-state index contributed by atoms with van der Waals surface area (Å²) in [7, 11) is 0. The van der Waals surface area contributed by atoms with Crippen LogP contribution in [-0.2, 0) is 20.8 Å². The maximum Gasteiger partial charge on any atom is 0.351 e. The number of pyridine rings is 1. The summed E-state index contributed by atoms with van der Waals surface area (Å²) in [4.78, 5) is 60.1. The number of rotatable bonds is 10. The predicted octanol–water partition coefficient (Wildman–Crippen LogP) is 2.55. The van der Waals surface area contributed by atoms with Gasteiger partial charge in [0, 0.05) is 12.4 Å². The molecule has 0 fully saturated rings. The zero-order chi connectivity index (χ0) is 29.7. The molecule has 4 rings (SSSR count). The van der Waals surface area contributed by atoms with Gasteiger partial charge in [0.05, 0.1) is 18.2 Å². The van der Waals surface area contributed by atoms with Crippen molar-refractivity contribution in [2.75, 3.05) is 6.54 Å². The number of aromatic nitrogens is 1. The van der Waals surface area contributed by atoms with E-state index in [9.17, 15) is 29.4 Å². The van der Waals surface area contributed by atoms with Gasteiger partial charge in [-0.05, 0) is 35.6 Å². The molecule has 0 bridgehead atoms. The normalized spacial score (nSPS) is 17.5. The summed E-state index contributed by atoms with van der Waals surface area (Å²) in [6, 6.07) is 21.3. The fourth-order valence-electron chi connectivity index (χ4n) is 4.87. The molecule has 3 aromatic rings. The molecule has 1 aliphatic rings. The van der Waals surface area contributed by atoms with Crippen molar-refractivity contribution in [2.24, 2.45) is 17.6 Å². The summed E-state index contributed by atoms with van der Waals surface area (Å²) in [5.41, 5.74) is 4.46. The highest BCUT2D eigenvalue weighted by Gasteiger charge is 2.47. The molecule has 1 aromatic heterocycles. The van der Waals surface area contributed by atoms with E-state index in [1.807, 2.05) is 0 Å². The predicted molar refractivity (Wildman–Crippen MR) is 151 cm³/mol. The number of hydrogen-bond acceptors (Lipinski definition) is 7. The smallest absolute Gasteiger partial charge is 0.351 e. The van der Waals surface area contributed by atoms with Gasteiger partial charge in [0.15, 0.2) is 5.78 Å². The Morgan fingerprint density at radius 1 is 0.976 bits per heavy atom. The lowest BCUT2D eigenvalue weighted by Crippen LogP contribution is -2.60. The number of amides is 2. The van der Waals surface area contributed by atoms with E-state index >= 15 is 0 Å². The number of carboxylic acid groups (broad SMARTS) is 1. The number of carbonyl (C=O) groups excluding carboxylic acids is 3. The molecular formula is C31H32N4O6. The van der Waals surface area contributed by atoms with E-state index in [4.69, 9.17) is 5.73 Å². The van der Waals surface area contributed by atoms with Crippen LogP contribution in [0.15, 0.2) is 91.3 Å². The van der Waals surface area contributed by atoms with Crippen LogP contribution in [0.5, 0.6) is 0 Å². The number of aliphatic carboxylic acids is 1. The van der Waals surface area contributed by atoms with Crippen LogP contribution >= 0.6 is 0 Å². The highest BCUT2D eigenvalue weighted by molar-refractivity contribution is 6.04. The van der Waals surface area contributed by atoms with E-state index in [1.165, 1.54) is 22.2 Å². The first kappa shape index (κ1) is 29.3. The Hall–Kier alpha value is -4.67. The van der Waals surface area contributed by atoms with Crippen molar-refractivity contribution in [1.29, 1.82) is 0 Å². The van der Waals surface area contributed by atoms with Crippen LogP contribution in [0.4, 0.5) is 0 Å². The maximum atomic E-state index is 14.1. The van der Waals surface area contributed by atoms with Crippen molar-refractivity contribution in [3.8, 4) is 0 Å². The van der Waals surface area contributed by atoms with Gasteiger partial charge in [0.2, 0.25) is 5.72 Å². The SMILES string of the molecule is CC(C)C1C(=O)N(CC(=O)[C@@H](Cc2ccccc2)C(N)(O)C(=O)O)C(c2ccccc2)=CN1C(=O)c1ccccn1. The first-order chi connectivity index (χ1) is 19.5. The summed E-state index contributed by atoms with van der Waals surface area (Å²) in [6.45, 7) is 2.99. The first-order valence-electron chi connectivity index (χ1n) is 13.2. The Morgan fingerprint density at radius 3 is 2.15 bits per heavy atom. The molecule has 3 atom stereocenters. The van der Waals surface area contributed by atoms with Crippen LogP contribution in [0.3, 0.4) is 0 Å². The summed E-state index contributed by atoms with van der Waals surface area (Å²) in [6.07, 6.45) is 2.84. The average molecular weight is 557 g/mol.